The Hall–Kier alpha value is -2.20. The van der Waals surface area contributed by atoms with Gasteiger partial charge in [0.1, 0.15) is 17.0 Å². The molecule has 1 saturated heterocycles. The summed E-state index contributed by atoms with van der Waals surface area (Å²) in [5, 5.41) is 20.2. The maximum atomic E-state index is 15.3. The molecule has 0 amide bonds. The Bertz CT molecular complexity index is 1080. The number of rotatable bonds is 5. The molecule has 170 valence electrons. The molecule has 4 nitrogen and oxygen atoms in total. The van der Waals surface area contributed by atoms with E-state index in [0.29, 0.717) is 6.42 Å². The first-order chi connectivity index (χ1) is 14.9. The van der Waals surface area contributed by atoms with E-state index in [1.54, 1.807) is 0 Å². The van der Waals surface area contributed by atoms with Crippen molar-refractivity contribution in [2.24, 2.45) is 11.3 Å². The standard InChI is InChI=1S/C24H24Cl2F2N2O2/c1-23(2,3)10-14-11-30(12-20(31)32)22(16-5-4-6-18(26)21(16)28)24(14,13-29)17-8-7-15(25)9-19(17)27/h4-9,14,22H,10-12H2,1-3H3,(H,31,32). The van der Waals surface area contributed by atoms with Crippen molar-refractivity contribution in [3.63, 3.8) is 0 Å². The van der Waals surface area contributed by atoms with E-state index in [4.69, 9.17) is 23.2 Å². The maximum absolute atomic E-state index is 15.3. The third kappa shape index (κ3) is 4.47. The van der Waals surface area contributed by atoms with Gasteiger partial charge in [-0.05, 0) is 36.0 Å². The summed E-state index contributed by atoms with van der Waals surface area (Å²) in [5.74, 6) is -3.05. The van der Waals surface area contributed by atoms with Crippen LogP contribution in [0, 0.1) is 34.3 Å². The topological polar surface area (TPSA) is 64.3 Å². The Balaban J connectivity index is 2.36. The van der Waals surface area contributed by atoms with Crippen molar-refractivity contribution in [1.82, 2.24) is 4.90 Å². The summed E-state index contributed by atoms with van der Waals surface area (Å²) in [5.41, 5.74) is -1.70. The molecule has 0 aromatic heterocycles. The largest absolute Gasteiger partial charge is 0.480 e. The average Bonchev–Trinajstić information content (AvgIpc) is 2.95. The quantitative estimate of drug-likeness (QED) is 0.550. The number of carboxylic acid groups (broad SMARTS) is 1. The van der Waals surface area contributed by atoms with Crippen molar-refractivity contribution in [1.29, 1.82) is 5.26 Å². The van der Waals surface area contributed by atoms with Gasteiger partial charge in [0.05, 0.1) is 23.7 Å². The number of likely N-dealkylation sites (tertiary alicyclic amines) is 1. The second kappa shape index (κ2) is 8.97. The molecule has 1 fully saturated rings. The second-order valence-corrected chi connectivity index (χ2v) is 10.3. The molecule has 0 radical (unpaired) electrons. The summed E-state index contributed by atoms with van der Waals surface area (Å²) in [6.07, 6.45) is 0.484. The van der Waals surface area contributed by atoms with Crippen LogP contribution in [0.15, 0.2) is 36.4 Å². The zero-order valence-electron chi connectivity index (χ0n) is 18.0. The van der Waals surface area contributed by atoms with Crippen LogP contribution in [-0.4, -0.2) is 29.1 Å². The summed E-state index contributed by atoms with van der Waals surface area (Å²) in [7, 11) is 0. The minimum atomic E-state index is -1.57. The van der Waals surface area contributed by atoms with E-state index in [-0.39, 0.29) is 33.1 Å². The highest BCUT2D eigenvalue weighted by atomic mass is 35.5. The lowest BCUT2D eigenvalue weighted by Gasteiger charge is -2.38. The number of nitrogens with zero attached hydrogens (tertiary/aromatic N) is 2. The molecule has 0 bridgehead atoms. The Kier molecular flexibility index (Phi) is 6.86. The van der Waals surface area contributed by atoms with Gasteiger partial charge in [-0.15, -0.1) is 0 Å². The van der Waals surface area contributed by atoms with E-state index >= 15 is 8.78 Å². The molecule has 1 heterocycles. The molecule has 0 spiro atoms. The fraction of sp³-hybridized carbons (Fsp3) is 0.417. The smallest absolute Gasteiger partial charge is 0.317 e. The molecule has 0 saturated carbocycles. The van der Waals surface area contributed by atoms with Crippen LogP contribution in [0.2, 0.25) is 10.0 Å². The van der Waals surface area contributed by atoms with E-state index in [0.717, 1.165) is 6.07 Å². The van der Waals surface area contributed by atoms with Gasteiger partial charge in [-0.2, -0.15) is 5.26 Å². The summed E-state index contributed by atoms with van der Waals surface area (Å²) in [6, 6.07) is 9.67. The number of hydrogen-bond acceptors (Lipinski definition) is 3. The number of nitriles is 1. The molecular formula is C24H24Cl2F2N2O2. The fourth-order valence-electron chi connectivity index (χ4n) is 4.92. The van der Waals surface area contributed by atoms with Gasteiger partial charge in [0, 0.05) is 22.7 Å². The van der Waals surface area contributed by atoms with Crippen molar-refractivity contribution in [3.8, 4) is 6.07 Å². The molecular weight excluding hydrogens is 457 g/mol. The van der Waals surface area contributed by atoms with Gasteiger partial charge >= 0.3 is 5.97 Å². The van der Waals surface area contributed by atoms with Crippen LogP contribution in [0.3, 0.4) is 0 Å². The van der Waals surface area contributed by atoms with Crippen molar-refractivity contribution in [2.45, 2.75) is 38.6 Å². The van der Waals surface area contributed by atoms with Crippen LogP contribution >= 0.6 is 23.2 Å². The molecule has 32 heavy (non-hydrogen) atoms. The van der Waals surface area contributed by atoms with E-state index in [9.17, 15) is 15.2 Å². The van der Waals surface area contributed by atoms with E-state index in [1.807, 2.05) is 20.8 Å². The number of carboxylic acids is 1. The number of benzene rings is 2. The first kappa shape index (κ1) is 24.4. The normalized spacial score (nSPS) is 23.8. The summed E-state index contributed by atoms with van der Waals surface area (Å²) >= 11 is 12.0. The van der Waals surface area contributed by atoms with Crippen LogP contribution in [0.4, 0.5) is 8.78 Å². The van der Waals surface area contributed by atoms with Crippen LogP contribution in [0.5, 0.6) is 0 Å². The number of carbonyl (C=O) groups is 1. The molecule has 3 rings (SSSR count). The van der Waals surface area contributed by atoms with Crippen molar-refractivity contribution in [3.05, 3.63) is 69.2 Å². The summed E-state index contributed by atoms with van der Waals surface area (Å²) in [4.78, 5) is 13.2. The lowest BCUT2D eigenvalue weighted by atomic mass is 9.63. The van der Waals surface area contributed by atoms with Gasteiger partial charge in [-0.25, -0.2) is 8.78 Å². The lowest BCUT2D eigenvalue weighted by Crippen LogP contribution is -2.40. The van der Waals surface area contributed by atoms with Crippen LogP contribution in [-0.2, 0) is 10.2 Å². The molecule has 1 aliphatic rings. The number of aliphatic carboxylic acids is 1. The van der Waals surface area contributed by atoms with E-state index in [2.05, 4.69) is 6.07 Å². The van der Waals surface area contributed by atoms with Crippen LogP contribution in [0.1, 0.15) is 44.4 Å². The van der Waals surface area contributed by atoms with Crippen molar-refractivity contribution >= 4 is 29.2 Å². The third-order valence-corrected chi connectivity index (χ3v) is 6.46. The minimum Gasteiger partial charge on any atom is -0.480 e. The monoisotopic (exact) mass is 480 g/mol. The molecule has 2 aromatic rings. The Morgan fingerprint density at radius 1 is 1.28 bits per heavy atom. The first-order valence-corrected chi connectivity index (χ1v) is 10.9. The Morgan fingerprint density at radius 3 is 2.53 bits per heavy atom. The van der Waals surface area contributed by atoms with Gasteiger partial charge in [-0.3, -0.25) is 9.69 Å². The van der Waals surface area contributed by atoms with Crippen molar-refractivity contribution < 1.29 is 18.7 Å². The molecule has 2 aromatic carbocycles. The van der Waals surface area contributed by atoms with Gasteiger partial charge in [0.15, 0.2) is 0 Å². The predicted octanol–water partition coefficient (Wildman–Crippen LogP) is 6.23. The van der Waals surface area contributed by atoms with Gasteiger partial charge in [0.2, 0.25) is 0 Å². The highest BCUT2D eigenvalue weighted by Crippen LogP contribution is 2.56. The van der Waals surface area contributed by atoms with Gasteiger partial charge < -0.3 is 5.11 Å². The first-order valence-electron chi connectivity index (χ1n) is 10.2. The number of halogens is 4. The summed E-state index contributed by atoms with van der Waals surface area (Å²) < 4.78 is 30.6. The molecule has 1 N–H and O–H groups in total. The molecule has 1 aliphatic heterocycles. The Labute approximate surface area is 196 Å². The van der Waals surface area contributed by atoms with E-state index in [1.165, 1.54) is 35.2 Å². The second-order valence-electron chi connectivity index (χ2n) is 9.44. The Morgan fingerprint density at radius 2 is 1.97 bits per heavy atom. The number of hydrogen-bond donors (Lipinski definition) is 1. The summed E-state index contributed by atoms with van der Waals surface area (Å²) in [6.45, 7) is 5.71. The third-order valence-electron chi connectivity index (χ3n) is 5.93. The van der Waals surface area contributed by atoms with Crippen molar-refractivity contribution in [2.75, 3.05) is 13.1 Å². The highest BCUT2D eigenvalue weighted by molar-refractivity contribution is 6.31. The van der Waals surface area contributed by atoms with Gasteiger partial charge in [-0.1, -0.05) is 62.2 Å². The highest BCUT2D eigenvalue weighted by Gasteiger charge is 2.58. The van der Waals surface area contributed by atoms with Crippen LogP contribution < -0.4 is 0 Å². The molecule has 0 aliphatic carbocycles. The molecule has 3 atom stereocenters. The maximum Gasteiger partial charge on any atom is 0.317 e. The lowest BCUT2D eigenvalue weighted by molar-refractivity contribution is -0.138. The van der Waals surface area contributed by atoms with Crippen LogP contribution in [0.25, 0.3) is 0 Å². The average molecular weight is 481 g/mol. The molecule has 3 unspecified atom stereocenters. The predicted molar refractivity (Wildman–Crippen MR) is 120 cm³/mol. The van der Waals surface area contributed by atoms with Gasteiger partial charge in [0.25, 0.3) is 0 Å². The minimum absolute atomic E-state index is 0.0612. The zero-order valence-corrected chi connectivity index (χ0v) is 19.5. The molecule has 8 heteroatoms. The SMILES string of the molecule is CC(C)(C)CC1CN(CC(=O)O)C(c2cccc(Cl)c2F)C1(C#N)c1ccc(Cl)cc1F. The fourth-order valence-corrected chi connectivity index (χ4v) is 5.26. The zero-order chi connectivity index (χ0) is 23.8. The van der Waals surface area contributed by atoms with E-state index < -0.39 is 41.5 Å².